The minimum atomic E-state index is 0.892. The van der Waals surface area contributed by atoms with Gasteiger partial charge in [-0.15, -0.1) is 0 Å². The highest BCUT2D eigenvalue weighted by atomic mass is 15.2. The minimum absolute atomic E-state index is 0.892. The highest BCUT2D eigenvalue weighted by molar-refractivity contribution is 6.24. The Morgan fingerprint density at radius 3 is 0.844 bits per heavy atom. The second-order valence-corrected chi connectivity index (χ2v) is 31.0. The van der Waals surface area contributed by atoms with Crippen molar-refractivity contribution in [2.24, 2.45) is 0 Å². The monoisotopic (exact) mass is 1550 g/mol. The van der Waals surface area contributed by atoms with Crippen LogP contribution < -0.4 is 9.80 Å². The Kier molecular flexibility index (Phi) is 18.5. The molecule has 0 bridgehead atoms. The van der Waals surface area contributed by atoms with Crippen LogP contribution in [-0.2, 0) is 0 Å². The predicted octanol–water partition coefficient (Wildman–Crippen LogP) is 31.6. The molecule has 0 aliphatic rings. The van der Waals surface area contributed by atoms with Crippen LogP contribution in [0.15, 0.2) is 461 Å². The van der Waals surface area contributed by atoms with Crippen LogP contribution in [0.25, 0.3) is 187 Å². The molecular formula is C116H76N6. The SMILES string of the molecule is c1ccc(-c2ccc(N(c3ccc(-c4ccccc4)cc3)c3c4ccccc4c(-c4ccc5ccc6c(-c7ccccc7)c7ccccc7nc6c5n4)c4ccccc34)cc2)cc1.c1ccc(-c2ccc(N(c3ccc(-c4ccccc4)cc3)c3ccc(-c4ccc5ccc6c(-c7ccccc7)c7ccccc7nc6c5n4)c4ccccc34)cc2)cc1. The molecule has 0 radical (unpaired) electrons. The maximum Gasteiger partial charge on any atom is 0.0978 e. The number of nitrogens with zero attached hydrogens (tertiary/aromatic N) is 6. The molecule has 6 heteroatoms. The maximum absolute atomic E-state index is 5.61. The minimum Gasteiger partial charge on any atom is -0.310 e. The molecule has 0 fully saturated rings. The Morgan fingerprint density at radius 1 is 0.156 bits per heavy atom. The average Bonchev–Trinajstić information content (AvgIpc) is 0.712. The van der Waals surface area contributed by atoms with Gasteiger partial charge in [0.05, 0.1) is 55.9 Å². The number of pyridine rings is 4. The number of hydrogen-bond donors (Lipinski definition) is 0. The molecule has 0 aliphatic heterocycles. The fraction of sp³-hybridized carbons (Fsp3) is 0. The molecule has 0 atom stereocenters. The maximum atomic E-state index is 5.61. The number of rotatable bonds is 14. The zero-order chi connectivity index (χ0) is 80.8. The van der Waals surface area contributed by atoms with Crippen LogP contribution in [0.3, 0.4) is 0 Å². The van der Waals surface area contributed by atoms with Gasteiger partial charge in [0, 0.05) is 93.5 Å². The summed E-state index contributed by atoms with van der Waals surface area (Å²) in [7, 11) is 0. The highest BCUT2D eigenvalue weighted by Crippen LogP contribution is 2.51. The topological polar surface area (TPSA) is 58.0 Å². The van der Waals surface area contributed by atoms with Crippen molar-refractivity contribution in [2.45, 2.75) is 0 Å². The molecule has 6 nitrogen and oxygen atoms in total. The number of aromatic nitrogens is 4. The lowest BCUT2D eigenvalue weighted by atomic mass is 9.91. The summed E-state index contributed by atoms with van der Waals surface area (Å²) < 4.78 is 0. The standard InChI is InChI=1S/C60H39N3.C56H37N3/c1-4-16-40(17-5-1)42-28-34-46(35-29-42)63(47-36-30-43(31-37-47)41-18-6-2-7-19-41)60-50-24-12-10-22-48(50)57(49-23-11-13-25-51(49)60)55-39-33-45-32-38-53-56(44-20-8-3-9-21-44)52-26-14-15-27-54(52)61-59(53)58(45)62-55;1-4-14-38(15-5-1)40-24-30-44(31-25-40)59(45-32-26-41(27-33-45)39-16-6-2-7-17-39)53-37-35-47(46-20-10-11-21-48(46)53)52-36-29-43-28-34-50-54(42-18-8-3-9-19-42)49-22-12-13-23-51(49)58-56(50)55(43)57-52/h1-39H;1-37H. The molecule has 570 valence electrons. The fourth-order valence-electron chi connectivity index (χ4n) is 18.1. The first-order valence-corrected chi connectivity index (χ1v) is 41.6. The molecule has 0 N–H and O–H groups in total. The van der Waals surface area contributed by atoms with Gasteiger partial charge in [-0.1, -0.05) is 382 Å². The van der Waals surface area contributed by atoms with E-state index in [1.807, 2.05) is 0 Å². The first kappa shape index (κ1) is 72.2. The number of para-hydroxylation sites is 2. The first-order valence-electron chi connectivity index (χ1n) is 41.6. The summed E-state index contributed by atoms with van der Waals surface area (Å²) in [6.45, 7) is 0. The third kappa shape index (κ3) is 13.2. The van der Waals surface area contributed by atoms with Gasteiger partial charge in [-0.2, -0.15) is 0 Å². The molecule has 19 aromatic carbocycles. The molecule has 0 amide bonds. The van der Waals surface area contributed by atoms with Crippen LogP contribution in [0.1, 0.15) is 0 Å². The highest BCUT2D eigenvalue weighted by Gasteiger charge is 2.26. The van der Waals surface area contributed by atoms with E-state index in [-0.39, 0.29) is 0 Å². The molecule has 122 heavy (non-hydrogen) atoms. The van der Waals surface area contributed by atoms with Crippen molar-refractivity contribution in [3.63, 3.8) is 0 Å². The van der Waals surface area contributed by atoms with Gasteiger partial charge in [0.15, 0.2) is 0 Å². The Morgan fingerprint density at radius 2 is 0.451 bits per heavy atom. The molecule has 0 saturated heterocycles. The third-order valence-corrected chi connectivity index (χ3v) is 23.9. The number of anilines is 6. The lowest BCUT2D eigenvalue weighted by molar-refractivity contribution is 1.30. The van der Waals surface area contributed by atoms with Crippen molar-refractivity contribution in [2.75, 3.05) is 9.80 Å². The van der Waals surface area contributed by atoms with Gasteiger partial charge in [0.2, 0.25) is 0 Å². The van der Waals surface area contributed by atoms with Gasteiger partial charge in [-0.05, 0) is 151 Å². The van der Waals surface area contributed by atoms with Crippen LogP contribution in [-0.4, -0.2) is 19.9 Å². The van der Waals surface area contributed by atoms with Crippen LogP contribution in [0, 0.1) is 0 Å². The zero-order valence-corrected chi connectivity index (χ0v) is 66.6. The van der Waals surface area contributed by atoms with Gasteiger partial charge in [0.1, 0.15) is 0 Å². The number of hydrogen-bond acceptors (Lipinski definition) is 6. The smallest absolute Gasteiger partial charge is 0.0978 e. The molecule has 4 heterocycles. The molecule has 0 saturated carbocycles. The second-order valence-electron chi connectivity index (χ2n) is 31.0. The zero-order valence-electron chi connectivity index (χ0n) is 66.6. The van der Waals surface area contributed by atoms with E-state index in [2.05, 4.69) is 471 Å². The quantitative estimate of drug-likeness (QED) is 0.0799. The van der Waals surface area contributed by atoms with Gasteiger partial charge in [0.25, 0.3) is 0 Å². The molecule has 0 unspecified atom stereocenters. The molecular weight excluding hydrogens is 1480 g/mol. The van der Waals surface area contributed by atoms with Crippen LogP contribution >= 0.6 is 0 Å². The van der Waals surface area contributed by atoms with E-state index in [1.54, 1.807) is 0 Å². The Bertz CT molecular complexity index is 7650. The Labute approximate surface area is 707 Å². The van der Waals surface area contributed by atoms with Crippen molar-refractivity contribution in [1.29, 1.82) is 0 Å². The van der Waals surface area contributed by atoms with Crippen LogP contribution in [0.2, 0.25) is 0 Å². The molecule has 23 rings (SSSR count). The van der Waals surface area contributed by atoms with Gasteiger partial charge in [-0.3, -0.25) is 0 Å². The van der Waals surface area contributed by atoms with Crippen molar-refractivity contribution in [3.05, 3.63) is 461 Å². The summed E-state index contributed by atoms with van der Waals surface area (Å²) >= 11 is 0. The normalized spacial score (nSPS) is 11.4. The fourth-order valence-corrected chi connectivity index (χ4v) is 18.1. The van der Waals surface area contributed by atoms with E-state index in [9.17, 15) is 0 Å². The van der Waals surface area contributed by atoms with Crippen LogP contribution in [0.4, 0.5) is 34.1 Å². The molecule has 0 aliphatic carbocycles. The average molecular weight is 1550 g/mol. The van der Waals surface area contributed by atoms with Crippen molar-refractivity contribution in [1.82, 2.24) is 19.9 Å². The Balaban J connectivity index is 0.000000146. The number of benzene rings is 19. The summed E-state index contributed by atoms with van der Waals surface area (Å²) in [5.41, 5.74) is 30.3. The van der Waals surface area contributed by atoms with E-state index >= 15 is 0 Å². The van der Waals surface area contributed by atoms with Gasteiger partial charge < -0.3 is 9.80 Å². The lowest BCUT2D eigenvalue weighted by Crippen LogP contribution is -2.11. The summed E-state index contributed by atoms with van der Waals surface area (Å²) in [6, 6.07) is 165. The third-order valence-electron chi connectivity index (χ3n) is 23.9. The second kappa shape index (κ2) is 31.3. The van der Waals surface area contributed by atoms with Crippen LogP contribution in [0.5, 0.6) is 0 Å². The molecule has 4 aromatic heterocycles. The van der Waals surface area contributed by atoms with Gasteiger partial charge in [-0.25, -0.2) is 19.9 Å². The number of fused-ring (bicyclic) bond motifs is 11. The summed E-state index contributed by atoms with van der Waals surface area (Å²) in [5.74, 6) is 0. The summed E-state index contributed by atoms with van der Waals surface area (Å²) in [4.78, 5) is 26.5. The summed E-state index contributed by atoms with van der Waals surface area (Å²) in [5, 5.41) is 13.4. The molecule has 23 aromatic rings. The summed E-state index contributed by atoms with van der Waals surface area (Å²) in [6.07, 6.45) is 0. The Hall–Kier alpha value is -16.3. The van der Waals surface area contributed by atoms with E-state index in [4.69, 9.17) is 19.9 Å². The van der Waals surface area contributed by atoms with Crippen molar-refractivity contribution in [3.8, 4) is 89.3 Å². The van der Waals surface area contributed by atoms with Gasteiger partial charge >= 0.3 is 0 Å². The predicted molar refractivity (Wildman–Crippen MR) is 514 cm³/mol. The first-order chi connectivity index (χ1) is 60.5. The van der Waals surface area contributed by atoms with Crippen molar-refractivity contribution < 1.29 is 0 Å². The van der Waals surface area contributed by atoms with E-state index in [0.29, 0.717) is 0 Å². The molecule has 0 spiro atoms. The largest absolute Gasteiger partial charge is 0.310 e. The van der Waals surface area contributed by atoms with Crippen molar-refractivity contribution >= 4 is 132 Å². The van der Waals surface area contributed by atoms with E-state index in [1.165, 1.54) is 61.2 Å². The lowest BCUT2D eigenvalue weighted by Gasteiger charge is -2.30. The van der Waals surface area contributed by atoms with E-state index in [0.717, 1.165) is 160 Å². The van der Waals surface area contributed by atoms with E-state index < -0.39 is 0 Å².